The fraction of sp³-hybridized carbons (Fsp3) is 0.300. The molecule has 0 bridgehead atoms. The van der Waals surface area contributed by atoms with Crippen molar-refractivity contribution in [1.82, 2.24) is 4.90 Å². The summed E-state index contributed by atoms with van der Waals surface area (Å²) in [5.74, 6) is -1.14. The summed E-state index contributed by atoms with van der Waals surface area (Å²) in [7, 11) is -3.95. The number of hydrogen-bond donors (Lipinski definition) is 1. The minimum atomic E-state index is -3.95. The fourth-order valence-electron chi connectivity index (χ4n) is 2.63. The van der Waals surface area contributed by atoms with Gasteiger partial charge >= 0.3 is 0 Å². The smallest absolute Gasteiger partial charge is 0.261 e. The summed E-state index contributed by atoms with van der Waals surface area (Å²) in [5.41, 5.74) is 1.11. The number of benzene rings is 2. The third-order valence-electron chi connectivity index (χ3n) is 4.23. The van der Waals surface area contributed by atoms with E-state index in [-0.39, 0.29) is 34.5 Å². The van der Waals surface area contributed by atoms with Crippen LogP contribution in [0.4, 0.5) is 10.1 Å². The van der Waals surface area contributed by atoms with Gasteiger partial charge in [0.05, 0.1) is 16.9 Å². The van der Waals surface area contributed by atoms with Gasteiger partial charge in [-0.2, -0.15) is 5.26 Å². The zero-order valence-electron chi connectivity index (χ0n) is 15.9. The van der Waals surface area contributed by atoms with Crippen LogP contribution in [0.25, 0.3) is 0 Å². The summed E-state index contributed by atoms with van der Waals surface area (Å²) in [6.45, 7) is 5.90. The summed E-state index contributed by atoms with van der Waals surface area (Å²) in [6, 6.07) is 11.3. The van der Waals surface area contributed by atoms with E-state index in [0.717, 1.165) is 12.1 Å². The van der Waals surface area contributed by atoms with Crippen molar-refractivity contribution in [3.05, 3.63) is 59.4 Å². The van der Waals surface area contributed by atoms with Crippen molar-refractivity contribution < 1.29 is 17.6 Å². The molecule has 0 saturated heterocycles. The molecule has 0 fully saturated rings. The van der Waals surface area contributed by atoms with Gasteiger partial charge in [0.1, 0.15) is 5.82 Å². The lowest BCUT2D eigenvalue weighted by Crippen LogP contribution is -2.34. The summed E-state index contributed by atoms with van der Waals surface area (Å²) < 4.78 is 40.7. The van der Waals surface area contributed by atoms with Crippen LogP contribution in [0.1, 0.15) is 29.8 Å². The van der Waals surface area contributed by atoms with E-state index in [4.69, 9.17) is 5.26 Å². The molecule has 2 aromatic carbocycles. The first kappa shape index (κ1) is 21.4. The number of hydrogen-bond acceptors (Lipinski definition) is 4. The minimum absolute atomic E-state index is 0.0739. The Morgan fingerprint density at radius 1 is 1.25 bits per heavy atom. The van der Waals surface area contributed by atoms with E-state index in [2.05, 4.69) is 10.8 Å². The average molecular weight is 403 g/mol. The standard InChI is InChI=1S/C20H22FN3O3S/c1-4-24(13-14(2)12-22)20(25)19-11-18(10-5-15(19)3)28(26,27)23-17-8-6-16(21)7-9-17/h5-11,14,23H,4,13H2,1-3H3. The van der Waals surface area contributed by atoms with Crippen LogP contribution in [0.3, 0.4) is 0 Å². The molecule has 2 aromatic rings. The molecule has 0 aliphatic heterocycles. The number of amides is 1. The van der Waals surface area contributed by atoms with E-state index in [1.165, 1.54) is 29.2 Å². The third-order valence-corrected chi connectivity index (χ3v) is 5.61. The van der Waals surface area contributed by atoms with E-state index in [9.17, 15) is 17.6 Å². The van der Waals surface area contributed by atoms with Gasteiger partial charge in [-0.05, 0) is 62.7 Å². The molecule has 0 aliphatic carbocycles. The van der Waals surface area contributed by atoms with Gasteiger partial charge in [-0.3, -0.25) is 9.52 Å². The zero-order valence-corrected chi connectivity index (χ0v) is 16.8. The molecule has 0 aromatic heterocycles. The van der Waals surface area contributed by atoms with Crippen molar-refractivity contribution >= 4 is 21.6 Å². The molecular weight excluding hydrogens is 381 g/mol. The van der Waals surface area contributed by atoms with Crippen LogP contribution in [-0.2, 0) is 10.0 Å². The van der Waals surface area contributed by atoms with Gasteiger partial charge in [-0.15, -0.1) is 0 Å². The number of halogens is 1. The van der Waals surface area contributed by atoms with Crippen molar-refractivity contribution in [3.8, 4) is 6.07 Å². The Kier molecular flexibility index (Phi) is 6.75. The predicted octanol–water partition coefficient (Wildman–Crippen LogP) is 3.56. The van der Waals surface area contributed by atoms with Crippen LogP contribution in [0.2, 0.25) is 0 Å². The van der Waals surface area contributed by atoms with E-state index >= 15 is 0 Å². The molecule has 0 spiro atoms. The molecule has 1 unspecified atom stereocenters. The number of nitriles is 1. The normalized spacial score (nSPS) is 12.1. The number of nitrogens with one attached hydrogen (secondary N) is 1. The second-order valence-corrected chi connectivity index (χ2v) is 8.15. The summed E-state index contributed by atoms with van der Waals surface area (Å²) in [6.07, 6.45) is 0. The molecule has 148 valence electrons. The van der Waals surface area contributed by atoms with Gasteiger partial charge in [0.25, 0.3) is 15.9 Å². The first-order chi connectivity index (χ1) is 13.2. The van der Waals surface area contributed by atoms with E-state index < -0.39 is 15.8 Å². The Morgan fingerprint density at radius 2 is 1.89 bits per heavy atom. The van der Waals surface area contributed by atoms with Crippen molar-refractivity contribution in [2.24, 2.45) is 5.92 Å². The monoisotopic (exact) mass is 403 g/mol. The van der Waals surface area contributed by atoms with Crippen LogP contribution >= 0.6 is 0 Å². The maximum atomic E-state index is 13.0. The van der Waals surface area contributed by atoms with Gasteiger partial charge in [0.15, 0.2) is 0 Å². The van der Waals surface area contributed by atoms with Crippen LogP contribution in [0.5, 0.6) is 0 Å². The number of anilines is 1. The molecule has 2 rings (SSSR count). The molecule has 8 heteroatoms. The number of sulfonamides is 1. The molecule has 0 heterocycles. The Balaban J connectivity index is 2.34. The van der Waals surface area contributed by atoms with Crippen LogP contribution in [-0.4, -0.2) is 32.3 Å². The van der Waals surface area contributed by atoms with Gasteiger partial charge < -0.3 is 4.90 Å². The Morgan fingerprint density at radius 3 is 2.46 bits per heavy atom. The SMILES string of the molecule is CCN(CC(C)C#N)C(=O)c1cc(S(=O)(=O)Nc2ccc(F)cc2)ccc1C. The van der Waals surface area contributed by atoms with Crippen LogP contribution in [0, 0.1) is 30.0 Å². The van der Waals surface area contributed by atoms with Crippen molar-refractivity contribution in [3.63, 3.8) is 0 Å². The first-order valence-corrected chi connectivity index (χ1v) is 10.2. The molecular formula is C20H22FN3O3S. The first-order valence-electron chi connectivity index (χ1n) is 8.76. The van der Waals surface area contributed by atoms with Gasteiger partial charge in [0.2, 0.25) is 0 Å². The number of aryl methyl sites for hydroxylation is 1. The maximum absolute atomic E-state index is 13.0. The highest BCUT2D eigenvalue weighted by molar-refractivity contribution is 7.92. The number of rotatable bonds is 7. The molecule has 0 radical (unpaired) electrons. The highest BCUT2D eigenvalue weighted by Crippen LogP contribution is 2.21. The molecule has 1 N–H and O–H groups in total. The zero-order chi connectivity index (χ0) is 20.9. The van der Waals surface area contributed by atoms with Crippen LogP contribution in [0.15, 0.2) is 47.4 Å². The topological polar surface area (TPSA) is 90.3 Å². The summed E-state index contributed by atoms with van der Waals surface area (Å²) in [5, 5.41) is 9.00. The van der Waals surface area contributed by atoms with Gasteiger partial charge in [0, 0.05) is 24.3 Å². The lowest BCUT2D eigenvalue weighted by atomic mass is 10.1. The van der Waals surface area contributed by atoms with E-state index in [0.29, 0.717) is 12.1 Å². The molecule has 6 nitrogen and oxygen atoms in total. The fourth-order valence-corrected chi connectivity index (χ4v) is 3.71. The molecule has 0 saturated carbocycles. The molecule has 1 amide bonds. The van der Waals surface area contributed by atoms with Crippen molar-refractivity contribution in [2.45, 2.75) is 25.7 Å². The van der Waals surface area contributed by atoms with Gasteiger partial charge in [-0.1, -0.05) is 6.07 Å². The second-order valence-electron chi connectivity index (χ2n) is 6.46. The maximum Gasteiger partial charge on any atom is 0.261 e. The predicted molar refractivity (Wildman–Crippen MR) is 105 cm³/mol. The average Bonchev–Trinajstić information content (AvgIpc) is 2.67. The van der Waals surface area contributed by atoms with E-state index in [1.54, 1.807) is 26.8 Å². The molecule has 28 heavy (non-hydrogen) atoms. The Bertz CT molecular complexity index is 998. The largest absolute Gasteiger partial charge is 0.338 e. The Labute approximate surface area is 164 Å². The van der Waals surface area contributed by atoms with E-state index in [1.807, 2.05) is 0 Å². The summed E-state index contributed by atoms with van der Waals surface area (Å²) in [4.78, 5) is 14.3. The highest BCUT2D eigenvalue weighted by Gasteiger charge is 2.22. The number of nitrogens with zero attached hydrogens (tertiary/aromatic N) is 2. The lowest BCUT2D eigenvalue weighted by molar-refractivity contribution is 0.0751. The molecule has 0 aliphatic rings. The second kappa shape index (κ2) is 8.85. The summed E-state index contributed by atoms with van der Waals surface area (Å²) >= 11 is 0. The van der Waals surface area contributed by atoms with Crippen molar-refractivity contribution in [2.75, 3.05) is 17.8 Å². The molecule has 1 atom stereocenters. The minimum Gasteiger partial charge on any atom is -0.338 e. The number of carbonyl (C=O) groups is 1. The quantitative estimate of drug-likeness (QED) is 0.765. The van der Waals surface area contributed by atoms with Crippen molar-refractivity contribution in [1.29, 1.82) is 5.26 Å². The Hall–Kier alpha value is -2.92. The third kappa shape index (κ3) is 5.08. The van der Waals surface area contributed by atoms with Crippen LogP contribution < -0.4 is 4.72 Å². The highest BCUT2D eigenvalue weighted by atomic mass is 32.2. The van der Waals surface area contributed by atoms with Gasteiger partial charge in [-0.25, -0.2) is 12.8 Å². The number of carbonyl (C=O) groups excluding carboxylic acids is 1. The lowest BCUT2D eigenvalue weighted by Gasteiger charge is -2.23.